The molecule has 0 saturated heterocycles. The summed E-state index contributed by atoms with van der Waals surface area (Å²) in [7, 11) is 0. The van der Waals surface area contributed by atoms with E-state index in [1.54, 1.807) is 0 Å². The molecule has 2 N–H and O–H groups in total. The van der Waals surface area contributed by atoms with Gasteiger partial charge in [-0.05, 0) is 37.3 Å². The first-order chi connectivity index (χ1) is 10.9. The van der Waals surface area contributed by atoms with E-state index in [0.29, 0.717) is 15.7 Å². The summed E-state index contributed by atoms with van der Waals surface area (Å²) in [5, 5.41) is 3.23. The molecule has 0 saturated carbocycles. The number of amides is 1. The second-order valence-corrected chi connectivity index (χ2v) is 5.48. The summed E-state index contributed by atoms with van der Waals surface area (Å²) < 4.78 is 4.97. The number of rotatable bonds is 4. The molecule has 0 unspecified atom stereocenters. The number of benzene rings is 1. The number of hydrogen-bond acceptors (Lipinski definition) is 4. The van der Waals surface area contributed by atoms with Crippen molar-refractivity contribution < 1.29 is 14.3 Å². The number of aromatic nitrogens is 1. The van der Waals surface area contributed by atoms with Crippen molar-refractivity contribution in [1.29, 1.82) is 0 Å². The zero-order valence-electron chi connectivity index (χ0n) is 11.9. The molecule has 0 radical (unpaired) electrons. The molecule has 0 aliphatic heterocycles. The van der Waals surface area contributed by atoms with Crippen LogP contribution in [0.15, 0.2) is 41.3 Å². The van der Waals surface area contributed by atoms with E-state index < -0.39 is 23.5 Å². The van der Waals surface area contributed by atoms with Gasteiger partial charge in [0.2, 0.25) is 0 Å². The zero-order valence-corrected chi connectivity index (χ0v) is 13.4. The van der Waals surface area contributed by atoms with Crippen LogP contribution in [-0.2, 0) is 9.53 Å². The molecule has 23 heavy (non-hydrogen) atoms. The molecule has 2 rings (SSSR count). The first kappa shape index (κ1) is 17.1. The Balaban J connectivity index is 2.04. The number of halogens is 2. The summed E-state index contributed by atoms with van der Waals surface area (Å²) in [6, 6.07) is 7.31. The highest BCUT2D eigenvalue weighted by atomic mass is 35.5. The molecule has 2 aromatic rings. The maximum absolute atomic E-state index is 12.0. The Morgan fingerprint density at radius 1 is 1.22 bits per heavy atom. The predicted octanol–water partition coefficient (Wildman–Crippen LogP) is 2.87. The lowest BCUT2D eigenvalue weighted by atomic mass is 10.2. The largest absolute Gasteiger partial charge is 0.449 e. The lowest BCUT2D eigenvalue weighted by Gasteiger charge is -2.13. The molecule has 0 spiro atoms. The fourth-order valence-electron chi connectivity index (χ4n) is 1.73. The third-order valence-corrected chi connectivity index (χ3v) is 3.26. The Kier molecular flexibility index (Phi) is 5.41. The maximum atomic E-state index is 12.0. The number of hydrogen-bond donors (Lipinski definition) is 2. The van der Waals surface area contributed by atoms with Crippen LogP contribution in [0, 0.1) is 0 Å². The first-order valence-electron chi connectivity index (χ1n) is 6.52. The zero-order chi connectivity index (χ0) is 17.0. The minimum atomic E-state index is -1.11. The molecule has 120 valence electrons. The summed E-state index contributed by atoms with van der Waals surface area (Å²) >= 11 is 11.7. The standard InChI is InChI=1S/C15H12Cl2N2O4/c1-8(23-15(22)12-3-2-4-18-14(12)21)13(20)19-11-6-9(16)5-10(17)7-11/h2-8H,1H3,(H,18,21)(H,19,20)/t8-/m1/s1. The number of anilines is 1. The molecule has 1 heterocycles. The number of carbonyl (C=O) groups is 2. The smallest absolute Gasteiger partial charge is 0.344 e. The van der Waals surface area contributed by atoms with Crippen molar-refractivity contribution in [3.63, 3.8) is 0 Å². The molecular weight excluding hydrogens is 343 g/mol. The Hall–Kier alpha value is -2.31. The SMILES string of the molecule is C[C@@H](OC(=O)c1ccc[nH]c1=O)C(=O)Nc1cc(Cl)cc(Cl)c1. The summed E-state index contributed by atoms with van der Waals surface area (Å²) in [6.45, 7) is 1.39. The third kappa shape index (κ3) is 4.58. The number of H-pyrrole nitrogens is 1. The molecule has 8 heteroatoms. The Morgan fingerprint density at radius 2 is 1.87 bits per heavy atom. The number of aromatic amines is 1. The van der Waals surface area contributed by atoms with Crippen molar-refractivity contribution in [2.75, 3.05) is 5.32 Å². The van der Waals surface area contributed by atoms with E-state index in [4.69, 9.17) is 27.9 Å². The number of pyridine rings is 1. The van der Waals surface area contributed by atoms with E-state index in [1.807, 2.05) is 0 Å². The Labute approximate surface area is 141 Å². The highest BCUT2D eigenvalue weighted by Crippen LogP contribution is 2.22. The summed E-state index contributed by atoms with van der Waals surface area (Å²) in [5.41, 5.74) is -0.405. The molecule has 1 atom stereocenters. The second kappa shape index (κ2) is 7.30. The van der Waals surface area contributed by atoms with E-state index in [1.165, 1.54) is 43.5 Å². The molecular formula is C15H12Cl2N2O4. The maximum Gasteiger partial charge on any atom is 0.344 e. The number of esters is 1. The lowest BCUT2D eigenvalue weighted by molar-refractivity contribution is -0.123. The Bertz CT molecular complexity index is 784. The summed E-state index contributed by atoms with van der Waals surface area (Å²) in [5.74, 6) is -1.47. The van der Waals surface area contributed by atoms with E-state index in [0.717, 1.165) is 0 Å². The molecule has 1 amide bonds. The van der Waals surface area contributed by atoms with Crippen LogP contribution in [-0.4, -0.2) is 23.0 Å². The summed E-state index contributed by atoms with van der Waals surface area (Å²) in [4.78, 5) is 37.7. The van der Waals surface area contributed by atoms with Crippen LogP contribution in [0.5, 0.6) is 0 Å². The van der Waals surface area contributed by atoms with Crippen molar-refractivity contribution in [3.8, 4) is 0 Å². The van der Waals surface area contributed by atoms with Gasteiger partial charge in [0, 0.05) is 21.9 Å². The number of carbonyl (C=O) groups excluding carboxylic acids is 2. The Morgan fingerprint density at radius 3 is 2.48 bits per heavy atom. The van der Waals surface area contributed by atoms with E-state index >= 15 is 0 Å². The second-order valence-electron chi connectivity index (χ2n) is 4.61. The topological polar surface area (TPSA) is 88.3 Å². The van der Waals surface area contributed by atoms with Gasteiger partial charge in [-0.1, -0.05) is 23.2 Å². The van der Waals surface area contributed by atoms with Gasteiger partial charge in [-0.3, -0.25) is 9.59 Å². The fraction of sp³-hybridized carbons (Fsp3) is 0.133. The van der Waals surface area contributed by atoms with Crippen LogP contribution in [0.25, 0.3) is 0 Å². The van der Waals surface area contributed by atoms with E-state index in [2.05, 4.69) is 10.3 Å². The van der Waals surface area contributed by atoms with Gasteiger partial charge in [-0.15, -0.1) is 0 Å². The van der Waals surface area contributed by atoms with Crippen molar-refractivity contribution in [3.05, 3.63) is 62.5 Å². The van der Waals surface area contributed by atoms with Gasteiger partial charge in [-0.25, -0.2) is 4.79 Å². The monoisotopic (exact) mass is 354 g/mol. The van der Waals surface area contributed by atoms with Crippen molar-refractivity contribution in [1.82, 2.24) is 4.98 Å². The number of nitrogens with one attached hydrogen (secondary N) is 2. The highest BCUT2D eigenvalue weighted by Gasteiger charge is 2.20. The molecule has 1 aromatic carbocycles. The van der Waals surface area contributed by atoms with Gasteiger partial charge in [-0.2, -0.15) is 0 Å². The van der Waals surface area contributed by atoms with Crippen LogP contribution in [0.4, 0.5) is 5.69 Å². The molecule has 1 aromatic heterocycles. The van der Waals surface area contributed by atoms with Gasteiger partial charge < -0.3 is 15.0 Å². The van der Waals surface area contributed by atoms with Crippen LogP contribution >= 0.6 is 23.2 Å². The van der Waals surface area contributed by atoms with Gasteiger partial charge in [0.15, 0.2) is 6.10 Å². The van der Waals surface area contributed by atoms with Crippen LogP contribution in [0.1, 0.15) is 17.3 Å². The minimum absolute atomic E-state index is 0.182. The molecule has 0 bridgehead atoms. The van der Waals surface area contributed by atoms with E-state index in [-0.39, 0.29) is 5.56 Å². The molecule has 0 aliphatic carbocycles. The first-order valence-corrected chi connectivity index (χ1v) is 7.28. The van der Waals surface area contributed by atoms with Gasteiger partial charge in [0.1, 0.15) is 5.56 Å². The third-order valence-electron chi connectivity index (χ3n) is 2.82. The van der Waals surface area contributed by atoms with Gasteiger partial charge >= 0.3 is 5.97 Å². The fourth-order valence-corrected chi connectivity index (χ4v) is 2.26. The molecule has 6 nitrogen and oxygen atoms in total. The van der Waals surface area contributed by atoms with Crippen molar-refractivity contribution >= 4 is 40.8 Å². The quantitative estimate of drug-likeness (QED) is 0.826. The van der Waals surface area contributed by atoms with Crippen molar-refractivity contribution in [2.45, 2.75) is 13.0 Å². The van der Waals surface area contributed by atoms with Crippen LogP contribution in [0.3, 0.4) is 0 Å². The molecule has 0 aliphatic rings. The minimum Gasteiger partial charge on any atom is -0.449 e. The van der Waals surface area contributed by atoms with E-state index in [9.17, 15) is 14.4 Å². The molecule has 0 fully saturated rings. The van der Waals surface area contributed by atoms with Gasteiger partial charge in [0.25, 0.3) is 11.5 Å². The average molecular weight is 355 g/mol. The lowest BCUT2D eigenvalue weighted by Crippen LogP contribution is -2.31. The summed E-state index contributed by atoms with van der Waals surface area (Å²) in [6.07, 6.45) is 0.276. The van der Waals surface area contributed by atoms with Gasteiger partial charge in [0.05, 0.1) is 0 Å². The number of ether oxygens (including phenoxy) is 1. The predicted molar refractivity (Wildman–Crippen MR) is 87.0 cm³/mol. The normalized spacial score (nSPS) is 11.6. The van der Waals surface area contributed by atoms with Crippen molar-refractivity contribution in [2.24, 2.45) is 0 Å². The van der Waals surface area contributed by atoms with Crippen LogP contribution < -0.4 is 10.9 Å². The average Bonchev–Trinajstić information content (AvgIpc) is 2.46. The van der Waals surface area contributed by atoms with Crippen LogP contribution in [0.2, 0.25) is 10.0 Å². The highest BCUT2D eigenvalue weighted by molar-refractivity contribution is 6.35.